The lowest BCUT2D eigenvalue weighted by Gasteiger charge is -2.40. The Kier molecular flexibility index (Phi) is 7.71. The summed E-state index contributed by atoms with van der Waals surface area (Å²) in [5.41, 5.74) is 3.98. The Balaban J connectivity index is 1.47. The average Bonchev–Trinajstić information content (AvgIpc) is 3.38. The molecule has 1 aliphatic heterocycles. The summed E-state index contributed by atoms with van der Waals surface area (Å²) in [6, 6.07) is 15.3. The third-order valence-corrected chi connectivity index (χ3v) is 9.25. The van der Waals surface area contributed by atoms with Gasteiger partial charge in [0.05, 0.1) is 16.1 Å². The van der Waals surface area contributed by atoms with E-state index in [2.05, 4.69) is 30.5 Å². The Hall–Kier alpha value is -2.34. The number of aryl methyl sites for hydroxylation is 1. The van der Waals surface area contributed by atoms with Crippen molar-refractivity contribution in [2.75, 3.05) is 13.1 Å². The molecule has 2 aliphatic rings. The number of amides is 2. The van der Waals surface area contributed by atoms with Gasteiger partial charge in [0.2, 0.25) is 5.91 Å². The number of carbonyl (C=O) groups is 2. The van der Waals surface area contributed by atoms with Gasteiger partial charge >= 0.3 is 0 Å². The fraction of sp³-hybridized carbons (Fsp3) is 0.379. The van der Waals surface area contributed by atoms with E-state index in [1.165, 1.54) is 16.9 Å². The van der Waals surface area contributed by atoms with Gasteiger partial charge in [0.15, 0.2) is 0 Å². The van der Waals surface area contributed by atoms with Crippen LogP contribution in [0.25, 0.3) is 0 Å². The highest BCUT2D eigenvalue weighted by atomic mass is 35.5. The van der Waals surface area contributed by atoms with Crippen molar-refractivity contribution >= 4 is 46.4 Å². The van der Waals surface area contributed by atoms with Crippen LogP contribution in [0, 0.1) is 6.92 Å². The standard InChI is InChI=1S/C29H30Cl2N2O2S/c1-19-7-5-6-10-22(19)28-23-14-16-36-26(23)13-15-32(28)27(34)18-33(21-8-3-2-4-9-21)29(35)20-11-12-24(30)25(31)17-20/h5-7,10-12,14,16-17,21,28H,2-4,8-9,13,15,18H2,1H3. The summed E-state index contributed by atoms with van der Waals surface area (Å²) in [5, 5.41) is 2.87. The van der Waals surface area contributed by atoms with Crippen molar-refractivity contribution in [3.05, 3.63) is 91.1 Å². The number of thiophene rings is 1. The Labute approximate surface area is 226 Å². The molecule has 188 valence electrons. The Morgan fingerprint density at radius 1 is 1.00 bits per heavy atom. The Morgan fingerprint density at radius 3 is 2.53 bits per heavy atom. The molecule has 2 aromatic carbocycles. The molecule has 1 aliphatic carbocycles. The molecule has 0 radical (unpaired) electrons. The van der Waals surface area contributed by atoms with Gasteiger partial charge in [-0.2, -0.15) is 0 Å². The number of fused-ring (bicyclic) bond motifs is 1. The van der Waals surface area contributed by atoms with Crippen LogP contribution in [0.5, 0.6) is 0 Å². The number of carbonyl (C=O) groups excluding carboxylic acids is 2. The van der Waals surface area contributed by atoms with Crippen LogP contribution in [0.2, 0.25) is 10.0 Å². The fourth-order valence-electron chi connectivity index (χ4n) is 5.60. The molecular weight excluding hydrogens is 511 g/mol. The zero-order valence-corrected chi connectivity index (χ0v) is 22.7. The van der Waals surface area contributed by atoms with Crippen molar-refractivity contribution in [3.8, 4) is 0 Å². The molecule has 0 saturated heterocycles. The summed E-state index contributed by atoms with van der Waals surface area (Å²) < 4.78 is 0. The van der Waals surface area contributed by atoms with E-state index in [0.717, 1.165) is 43.2 Å². The SMILES string of the molecule is Cc1ccccc1C1c2ccsc2CCN1C(=O)CN(C(=O)c1ccc(Cl)c(Cl)c1)C1CCCCC1. The average molecular weight is 542 g/mol. The highest BCUT2D eigenvalue weighted by Gasteiger charge is 2.36. The van der Waals surface area contributed by atoms with Gasteiger partial charge in [-0.1, -0.05) is 66.7 Å². The van der Waals surface area contributed by atoms with E-state index >= 15 is 0 Å². The van der Waals surface area contributed by atoms with Gasteiger partial charge in [0.25, 0.3) is 5.91 Å². The first-order valence-corrected chi connectivity index (χ1v) is 14.2. The van der Waals surface area contributed by atoms with Crippen LogP contribution in [-0.2, 0) is 11.2 Å². The maximum Gasteiger partial charge on any atom is 0.254 e. The third kappa shape index (κ3) is 5.06. The van der Waals surface area contributed by atoms with Gasteiger partial charge < -0.3 is 9.80 Å². The van der Waals surface area contributed by atoms with Crippen LogP contribution in [-0.4, -0.2) is 40.7 Å². The second kappa shape index (κ2) is 11.0. The molecule has 1 aromatic heterocycles. The summed E-state index contributed by atoms with van der Waals surface area (Å²) >= 11 is 14.1. The Morgan fingerprint density at radius 2 is 1.78 bits per heavy atom. The largest absolute Gasteiger partial charge is 0.330 e. The second-order valence-corrected chi connectivity index (χ2v) is 11.6. The van der Waals surface area contributed by atoms with Gasteiger partial charge in [0, 0.05) is 23.0 Å². The predicted molar refractivity (Wildman–Crippen MR) is 147 cm³/mol. The number of nitrogens with zero attached hydrogens (tertiary/aromatic N) is 2. The number of hydrogen-bond donors (Lipinski definition) is 0. The van der Waals surface area contributed by atoms with E-state index in [9.17, 15) is 9.59 Å². The molecule has 3 aromatic rings. The smallest absolute Gasteiger partial charge is 0.254 e. The zero-order chi connectivity index (χ0) is 25.2. The normalized spacial score (nSPS) is 18.1. The highest BCUT2D eigenvalue weighted by molar-refractivity contribution is 7.10. The van der Waals surface area contributed by atoms with Crippen LogP contribution in [0.1, 0.15) is 70.1 Å². The van der Waals surface area contributed by atoms with E-state index < -0.39 is 0 Å². The first kappa shape index (κ1) is 25.3. The van der Waals surface area contributed by atoms with E-state index in [-0.39, 0.29) is 30.4 Å². The lowest BCUT2D eigenvalue weighted by molar-refractivity contribution is -0.134. The fourth-order valence-corrected chi connectivity index (χ4v) is 6.81. The number of rotatable bonds is 5. The molecule has 0 N–H and O–H groups in total. The minimum atomic E-state index is -0.158. The van der Waals surface area contributed by atoms with Crippen LogP contribution >= 0.6 is 34.5 Å². The van der Waals surface area contributed by atoms with E-state index in [1.807, 2.05) is 17.0 Å². The van der Waals surface area contributed by atoms with Gasteiger partial charge in [-0.15, -0.1) is 11.3 Å². The van der Waals surface area contributed by atoms with E-state index in [0.29, 0.717) is 22.2 Å². The maximum absolute atomic E-state index is 14.0. The molecule has 1 saturated carbocycles. The molecule has 1 unspecified atom stereocenters. The quantitative estimate of drug-likeness (QED) is 0.340. The summed E-state index contributed by atoms with van der Waals surface area (Å²) in [6.07, 6.45) is 5.97. The molecular formula is C29H30Cl2N2O2S. The van der Waals surface area contributed by atoms with E-state index in [1.54, 1.807) is 34.4 Å². The molecule has 1 fully saturated rings. The highest BCUT2D eigenvalue weighted by Crippen LogP contribution is 2.39. The first-order valence-electron chi connectivity index (χ1n) is 12.6. The number of benzene rings is 2. The van der Waals surface area contributed by atoms with Crippen LogP contribution < -0.4 is 0 Å². The summed E-state index contributed by atoms with van der Waals surface area (Å²) in [4.78, 5) is 32.9. The molecule has 2 amide bonds. The van der Waals surface area contributed by atoms with Gasteiger partial charge in [-0.05, 0) is 72.5 Å². The summed E-state index contributed by atoms with van der Waals surface area (Å²) in [6.45, 7) is 2.80. The van der Waals surface area contributed by atoms with E-state index in [4.69, 9.17) is 23.2 Å². The van der Waals surface area contributed by atoms with Gasteiger partial charge in [-0.3, -0.25) is 9.59 Å². The van der Waals surface area contributed by atoms with Crippen LogP contribution in [0.3, 0.4) is 0 Å². The van der Waals surface area contributed by atoms with Crippen molar-refractivity contribution in [1.82, 2.24) is 9.80 Å². The van der Waals surface area contributed by atoms with Gasteiger partial charge in [-0.25, -0.2) is 0 Å². The van der Waals surface area contributed by atoms with Crippen molar-refractivity contribution in [2.24, 2.45) is 0 Å². The minimum Gasteiger partial charge on any atom is -0.330 e. The van der Waals surface area contributed by atoms with Crippen molar-refractivity contribution in [2.45, 2.75) is 57.5 Å². The first-order chi connectivity index (χ1) is 17.4. The predicted octanol–water partition coefficient (Wildman–Crippen LogP) is 7.31. The molecule has 36 heavy (non-hydrogen) atoms. The molecule has 0 bridgehead atoms. The molecule has 5 rings (SSSR count). The van der Waals surface area contributed by atoms with Gasteiger partial charge in [0.1, 0.15) is 6.54 Å². The molecule has 7 heteroatoms. The number of halogens is 2. The summed E-state index contributed by atoms with van der Waals surface area (Å²) in [5.74, 6) is -0.173. The topological polar surface area (TPSA) is 40.6 Å². The Bertz CT molecular complexity index is 1270. The lowest BCUT2D eigenvalue weighted by Crippen LogP contribution is -2.50. The molecule has 2 heterocycles. The van der Waals surface area contributed by atoms with Crippen LogP contribution in [0.15, 0.2) is 53.9 Å². The molecule has 1 atom stereocenters. The monoisotopic (exact) mass is 540 g/mol. The summed E-state index contributed by atoms with van der Waals surface area (Å²) in [7, 11) is 0. The molecule has 0 spiro atoms. The second-order valence-electron chi connectivity index (χ2n) is 9.75. The van der Waals surface area contributed by atoms with Crippen molar-refractivity contribution < 1.29 is 9.59 Å². The number of hydrogen-bond acceptors (Lipinski definition) is 3. The molecule has 4 nitrogen and oxygen atoms in total. The third-order valence-electron chi connectivity index (χ3n) is 7.52. The van der Waals surface area contributed by atoms with Crippen molar-refractivity contribution in [1.29, 1.82) is 0 Å². The maximum atomic E-state index is 14.0. The van der Waals surface area contributed by atoms with Crippen molar-refractivity contribution in [3.63, 3.8) is 0 Å². The minimum absolute atomic E-state index is 0.0147. The lowest BCUT2D eigenvalue weighted by atomic mass is 9.90. The van der Waals surface area contributed by atoms with Crippen LogP contribution in [0.4, 0.5) is 0 Å². The zero-order valence-electron chi connectivity index (χ0n) is 20.4.